The van der Waals surface area contributed by atoms with Crippen LogP contribution in [-0.2, 0) is 65.4 Å². The Balaban J connectivity index is 5.18. The van der Waals surface area contributed by atoms with Crippen LogP contribution in [0.25, 0.3) is 0 Å². The van der Waals surface area contributed by atoms with Crippen LogP contribution >= 0.6 is 15.6 Å². The van der Waals surface area contributed by atoms with E-state index in [1.54, 1.807) is 0 Å². The largest absolute Gasteiger partial charge is 0.472 e. The summed E-state index contributed by atoms with van der Waals surface area (Å²) in [6.45, 7) is 7.32. The van der Waals surface area contributed by atoms with Crippen molar-refractivity contribution in [3.05, 3.63) is 0 Å². The molecule has 0 aromatic heterocycles. The first-order chi connectivity index (χ1) is 46.6. The monoisotopic (exact) mass is 1410 g/mol. The zero-order valence-corrected chi connectivity index (χ0v) is 64.3. The number of esters is 4. The van der Waals surface area contributed by atoms with Gasteiger partial charge in [-0.15, -0.1) is 0 Å². The van der Waals surface area contributed by atoms with Crippen molar-refractivity contribution in [3.8, 4) is 0 Å². The fraction of sp³-hybridized carbons (Fsp3) is 0.948. The SMILES string of the molecule is CCCCCCCCCCCCCCCCCCCCCC(=O)O[C@H](COC(=O)CCCCCCCCCCCCCCCCC(C)CC)COP(=O)(O)OC[C@@H](O)COP(=O)(O)OC[C@@H](COC(=O)CCCCCCCCC)OC(=O)CCCCCCCCCCCCCC. The summed E-state index contributed by atoms with van der Waals surface area (Å²) in [6.07, 6.45) is 59.7. The topological polar surface area (TPSA) is 237 Å². The summed E-state index contributed by atoms with van der Waals surface area (Å²) in [7, 11) is -9.90. The molecule has 17 nitrogen and oxygen atoms in total. The van der Waals surface area contributed by atoms with Crippen LogP contribution in [0.4, 0.5) is 0 Å². The smallest absolute Gasteiger partial charge is 0.462 e. The molecule has 0 aromatic rings. The second-order valence-electron chi connectivity index (χ2n) is 28.0. The van der Waals surface area contributed by atoms with Crippen molar-refractivity contribution in [2.75, 3.05) is 39.6 Å². The molecule has 0 radical (unpaired) electrons. The van der Waals surface area contributed by atoms with E-state index >= 15 is 0 Å². The average Bonchev–Trinajstić information content (AvgIpc) is 1.31. The van der Waals surface area contributed by atoms with E-state index in [4.69, 9.17) is 37.0 Å². The maximum Gasteiger partial charge on any atom is 0.472 e. The Morgan fingerprint density at radius 3 is 0.740 bits per heavy atom. The third-order valence-electron chi connectivity index (χ3n) is 18.4. The standard InChI is InChI=1S/C77H150O17P2/c1-6-10-13-16-19-21-23-25-26-27-28-29-30-35-39-43-48-53-58-63-77(82)94-73(67-88-75(80)61-56-51-46-41-38-34-32-31-33-36-40-45-49-54-59-70(5)9-4)69-92-96(85,86)90-65-71(78)64-89-95(83,84)91-68-72(66-87-74(79)60-55-50-44-18-15-12-8-3)93-76(81)62-57-52-47-42-37-24-22-20-17-14-11-7-2/h70-73,78H,6-69H2,1-5H3,(H,83,84)(H,85,86)/t70?,71-,72+,73+/m0/s1. The number of carbonyl (C=O) groups is 4. The highest BCUT2D eigenvalue weighted by Crippen LogP contribution is 2.45. The fourth-order valence-corrected chi connectivity index (χ4v) is 13.4. The van der Waals surface area contributed by atoms with Gasteiger partial charge < -0.3 is 33.8 Å². The predicted octanol–water partition coefficient (Wildman–Crippen LogP) is 22.9. The molecule has 3 N–H and O–H groups in total. The third-order valence-corrected chi connectivity index (χ3v) is 20.3. The lowest BCUT2D eigenvalue weighted by Crippen LogP contribution is -2.30. The molecule has 0 heterocycles. The van der Waals surface area contributed by atoms with Crippen molar-refractivity contribution in [1.29, 1.82) is 0 Å². The van der Waals surface area contributed by atoms with Gasteiger partial charge in [0.25, 0.3) is 0 Å². The second-order valence-corrected chi connectivity index (χ2v) is 30.9. The van der Waals surface area contributed by atoms with Crippen LogP contribution in [0.5, 0.6) is 0 Å². The number of unbranched alkanes of at least 4 members (excludes halogenated alkanes) is 48. The maximum absolute atomic E-state index is 13.1. The van der Waals surface area contributed by atoms with Crippen LogP contribution in [0.2, 0.25) is 0 Å². The number of phosphoric ester groups is 2. The highest BCUT2D eigenvalue weighted by molar-refractivity contribution is 7.47. The molecule has 0 bridgehead atoms. The summed E-state index contributed by atoms with van der Waals surface area (Å²) in [5.41, 5.74) is 0. The highest BCUT2D eigenvalue weighted by atomic mass is 31.2. The lowest BCUT2D eigenvalue weighted by atomic mass is 9.99. The quantitative estimate of drug-likeness (QED) is 0.0222. The van der Waals surface area contributed by atoms with Gasteiger partial charge in [0.15, 0.2) is 12.2 Å². The lowest BCUT2D eigenvalue weighted by molar-refractivity contribution is -0.161. The predicted molar refractivity (Wildman–Crippen MR) is 391 cm³/mol. The van der Waals surface area contributed by atoms with Crippen LogP contribution in [-0.4, -0.2) is 96.7 Å². The first-order valence-electron chi connectivity index (χ1n) is 40.2. The Bertz CT molecular complexity index is 1840. The minimum Gasteiger partial charge on any atom is -0.462 e. The van der Waals surface area contributed by atoms with Crippen molar-refractivity contribution >= 4 is 39.5 Å². The van der Waals surface area contributed by atoms with E-state index in [9.17, 15) is 43.2 Å². The van der Waals surface area contributed by atoms with Gasteiger partial charge in [0.2, 0.25) is 0 Å². The molecule has 96 heavy (non-hydrogen) atoms. The molecule has 0 aliphatic rings. The van der Waals surface area contributed by atoms with Gasteiger partial charge in [-0.05, 0) is 31.6 Å². The molecule has 19 heteroatoms. The van der Waals surface area contributed by atoms with Crippen LogP contribution in [0, 0.1) is 5.92 Å². The number of phosphoric acid groups is 2. The molecule has 6 atom stereocenters. The molecule has 0 aromatic carbocycles. The molecular formula is C77H150O17P2. The molecule has 0 spiro atoms. The van der Waals surface area contributed by atoms with Gasteiger partial charge in [-0.3, -0.25) is 37.3 Å². The Hall–Kier alpha value is -1.94. The molecule has 0 aliphatic heterocycles. The number of aliphatic hydroxyl groups excluding tert-OH is 1. The van der Waals surface area contributed by atoms with E-state index in [1.807, 2.05) is 0 Å². The minimum absolute atomic E-state index is 0.107. The van der Waals surface area contributed by atoms with E-state index in [-0.39, 0.29) is 25.7 Å². The minimum atomic E-state index is -4.96. The number of rotatable bonds is 77. The molecule has 0 fully saturated rings. The van der Waals surface area contributed by atoms with Crippen LogP contribution in [0.15, 0.2) is 0 Å². The zero-order valence-electron chi connectivity index (χ0n) is 62.5. The van der Waals surface area contributed by atoms with E-state index in [2.05, 4.69) is 34.6 Å². The van der Waals surface area contributed by atoms with E-state index < -0.39 is 97.5 Å². The highest BCUT2D eigenvalue weighted by Gasteiger charge is 2.30. The zero-order chi connectivity index (χ0) is 70.5. The molecular weight excluding hydrogens is 1260 g/mol. The Morgan fingerprint density at radius 2 is 0.500 bits per heavy atom. The number of hydrogen-bond donors (Lipinski definition) is 3. The second kappa shape index (κ2) is 70.1. The molecule has 570 valence electrons. The Kier molecular flexibility index (Phi) is 68.7. The van der Waals surface area contributed by atoms with E-state index in [0.29, 0.717) is 25.7 Å². The summed E-state index contributed by atoms with van der Waals surface area (Å²) in [6, 6.07) is 0. The van der Waals surface area contributed by atoms with Crippen molar-refractivity contribution in [2.45, 2.75) is 425 Å². The molecule has 0 amide bonds. The molecule has 0 saturated carbocycles. The molecule has 0 saturated heterocycles. The van der Waals surface area contributed by atoms with Crippen molar-refractivity contribution in [1.82, 2.24) is 0 Å². The van der Waals surface area contributed by atoms with Gasteiger partial charge in [0, 0.05) is 25.7 Å². The summed E-state index contributed by atoms with van der Waals surface area (Å²) >= 11 is 0. The number of ether oxygens (including phenoxy) is 4. The van der Waals surface area contributed by atoms with Crippen molar-refractivity contribution in [2.24, 2.45) is 5.92 Å². The van der Waals surface area contributed by atoms with Crippen LogP contribution in [0.1, 0.15) is 407 Å². The molecule has 0 aliphatic carbocycles. The number of hydrogen-bond acceptors (Lipinski definition) is 15. The first-order valence-corrected chi connectivity index (χ1v) is 43.2. The summed E-state index contributed by atoms with van der Waals surface area (Å²) in [4.78, 5) is 72.7. The third kappa shape index (κ3) is 69.2. The fourth-order valence-electron chi connectivity index (χ4n) is 11.8. The first kappa shape index (κ1) is 94.1. The van der Waals surface area contributed by atoms with Gasteiger partial charge in [-0.1, -0.05) is 356 Å². The van der Waals surface area contributed by atoms with Gasteiger partial charge in [-0.2, -0.15) is 0 Å². The number of aliphatic hydroxyl groups is 1. The Morgan fingerprint density at radius 1 is 0.292 bits per heavy atom. The van der Waals surface area contributed by atoms with Crippen molar-refractivity contribution < 1.29 is 80.2 Å². The summed E-state index contributed by atoms with van der Waals surface area (Å²) in [5.74, 6) is -1.27. The molecule has 0 rings (SSSR count). The van der Waals surface area contributed by atoms with Gasteiger partial charge in [-0.25, -0.2) is 9.13 Å². The van der Waals surface area contributed by atoms with E-state index in [0.717, 1.165) is 109 Å². The molecule has 3 unspecified atom stereocenters. The van der Waals surface area contributed by atoms with E-state index in [1.165, 1.54) is 218 Å². The Labute approximate surface area is 588 Å². The van der Waals surface area contributed by atoms with Crippen LogP contribution < -0.4 is 0 Å². The van der Waals surface area contributed by atoms with Crippen molar-refractivity contribution in [3.63, 3.8) is 0 Å². The van der Waals surface area contributed by atoms with Crippen LogP contribution in [0.3, 0.4) is 0 Å². The average molecular weight is 1410 g/mol. The maximum atomic E-state index is 13.1. The lowest BCUT2D eigenvalue weighted by Gasteiger charge is -2.21. The van der Waals surface area contributed by atoms with Gasteiger partial charge in [0.05, 0.1) is 26.4 Å². The summed E-state index contributed by atoms with van der Waals surface area (Å²) in [5, 5.41) is 10.6. The summed E-state index contributed by atoms with van der Waals surface area (Å²) < 4.78 is 68.4. The number of carbonyl (C=O) groups excluding carboxylic acids is 4. The van der Waals surface area contributed by atoms with Gasteiger partial charge in [0.1, 0.15) is 19.3 Å². The van der Waals surface area contributed by atoms with Gasteiger partial charge >= 0.3 is 39.5 Å². The normalized spacial score (nSPS) is 14.2.